The molecule has 2 aromatic rings. The summed E-state index contributed by atoms with van der Waals surface area (Å²) in [5.74, 6) is -0.362. The first-order valence-electron chi connectivity index (χ1n) is 6.27. The van der Waals surface area contributed by atoms with Crippen LogP contribution in [0, 0.1) is 5.82 Å². The van der Waals surface area contributed by atoms with Crippen LogP contribution >= 0.6 is 11.6 Å². The van der Waals surface area contributed by atoms with E-state index in [1.165, 1.54) is 6.07 Å². The second-order valence-electron chi connectivity index (χ2n) is 4.54. The van der Waals surface area contributed by atoms with Crippen molar-refractivity contribution in [1.29, 1.82) is 0 Å². The molecule has 102 valence electrons. The monoisotopic (exact) mass is 289 g/mol. The summed E-state index contributed by atoms with van der Waals surface area (Å²) in [5.41, 5.74) is 8.24. The van der Waals surface area contributed by atoms with Crippen molar-refractivity contribution in [2.24, 2.45) is 10.7 Å². The molecule has 0 fully saturated rings. The molecule has 1 aliphatic heterocycles. The van der Waals surface area contributed by atoms with E-state index in [0.29, 0.717) is 22.1 Å². The first-order chi connectivity index (χ1) is 9.70. The molecule has 2 aromatic carbocycles. The maximum Gasteiger partial charge on any atom is 0.150 e. The van der Waals surface area contributed by atoms with Crippen LogP contribution in [0.5, 0.6) is 0 Å². The van der Waals surface area contributed by atoms with E-state index in [1.54, 1.807) is 12.1 Å². The van der Waals surface area contributed by atoms with E-state index in [4.69, 9.17) is 17.3 Å². The maximum atomic E-state index is 13.8. The van der Waals surface area contributed by atoms with Gasteiger partial charge in [0.1, 0.15) is 5.69 Å². The summed E-state index contributed by atoms with van der Waals surface area (Å²) in [7, 11) is 0. The van der Waals surface area contributed by atoms with Gasteiger partial charge in [-0.1, -0.05) is 35.9 Å². The Bertz CT molecular complexity index is 685. The van der Waals surface area contributed by atoms with Gasteiger partial charge in [0.25, 0.3) is 0 Å². The molecule has 1 atom stereocenters. The number of fused-ring (bicyclic) bond motifs is 1. The average Bonchev–Trinajstić information content (AvgIpc) is 2.47. The molecule has 0 amide bonds. The molecule has 1 heterocycles. The molecular formula is C15H13ClFN3. The zero-order valence-electron chi connectivity index (χ0n) is 10.6. The molecule has 1 aliphatic rings. The van der Waals surface area contributed by atoms with Gasteiger partial charge < -0.3 is 11.1 Å². The molecule has 5 heteroatoms. The SMILES string of the molecule is NCC1=Nc2c(F)cccc2NC1c1ccccc1Cl. The summed E-state index contributed by atoms with van der Waals surface area (Å²) in [6, 6.07) is 12.1. The predicted octanol–water partition coefficient (Wildman–Crippen LogP) is 3.68. The van der Waals surface area contributed by atoms with Crippen molar-refractivity contribution in [3.63, 3.8) is 0 Å². The molecule has 3 N–H and O–H groups in total. The second kappa shape index (κ2) is 5.23. The van der Waals surface area contributed by atoms with E-state index >= 15 is 0 Å². The van der Waals surface area contributed by atoms with Crippen LogP contribution in [0.4, 0.5) is 15.8 Å². The lowest BCUT2D eigenvalue weighted by Gasteiger charge is -2.27. The van der Waals surface area contributed by atoms with Crippen LogP contribution in [0.2, 0.25) is 5.02 Å². The fourth-order valence-electron chi connectivity index (χ4n) is 2.32. The van der Waals surface area contributed by atoms with Crippen LogP contribution in [0.3, 0.4) is 0 Å². The minimum absolute atomic E-state index is 0.233. The van der Waals surface area contributed by atoms with Gasteiger partial charge in [0, 0.05) is 11.6 Å². The van der Waals surface area contributed by atoms with E-state index in [1.807, 2.05) is 24.3 Å². The fraction of sp³-hybridized carbons (Fsp3) is 0.133. The van der Waals surface area contributed by atoms with Crippen LogP contribution < -0.4 is 11.1 Å². The average molecular weight is 290 g/mol. The zero-order chi connectivity index (χ0) is 14.1. The molecule has 0 aliphatic carbocycles. The van der Waals surface area contributed by atoms with Gasteiger partial charge in [0.05, 0.1) is 17.4 Å². The molecule has 0 saturated heterocycles. The standard InChI is InChI=1S/C15H13ClFN3/c16-10-5-2-1-4-9(10)14-13(8-18)20-15-11(17)6-3-7-12(15)19-14/h1-7,14,19H,8,18H2. The zero-order valence-corrected chi connectivity index (χ0v) is 11.4. The number of nitrogens with zero attached hydrogens (tertiary/aromatic N) is 1. The Morgan fingerprint density at radius 3 is 2.75 bits per heavy atom. The quantitative estimate of drug-likeness (QED) is 0.886. The first-order valence-corrected chi connectivity index (χ1v) is 6.65. The Morgan fingerprint density at radius 1 is 1.20 bits per heavy atom. The summed E-state index contributed by atoms with van der Waals surface area (Å²) in [5, 5.41) is 3.89. The van der Waals surface area contributed by atoms with Gasteiger partial charge >= 0.3 is 0 Å². The Morgan fingerprint density at radius 2 is 2.00 bits per heavy atom. The highest BCUT2D eigenvalue weighted by atomic mass is 35.5. The topological polar surface area (TPSA) is 50.4 Å². The van der Waals surface area contributed by atoms with Crippen LogP contribution in [0.25, 0.3) is 0 Å². The molecule has 0 radical (unpaired) electrons. The molecule has 0 saturated carbocycles. The van der Waals surface area contributed by atoms with Crippen LogP contribution in [-0.4, -0.2) is 12.3 Å². The summed E-state index contributed by atoms with van der Waals surface area (Å²) >= 11 is 6.23. The van der Waals surface area contributed by atoms with E-state index in [9.17, 15) is 4.39 Å². The first kappa shape index (κ1) is 13.1. The van der Waals surface area contributed by atoms with Gasteiger partial charge in [0.2, 0.25) is 0 Å². The molecule has 20 heavy (non-hydrogen) atoms. The van der Waals surface area contributed by atoms with Gasteiger partial charge in [-0.05, 0) is 23.8 Å². The van der Waals surface area contributed by atoms with Crippen molar-refractivity contribution in [1.82, 2.24) is 0 Å². The van der Waals surface area contributed by atoms with Gasteiger partial charge in [0.15, 0.2) is 5.82 Å². The molecule has 3 nitrogen and oxygen atoms in total. The molecule has 0 aromatic heterocycles. The number of nitrogens with one attached hydrogen (secondary N) is 1. The Kier molecular flexibility index (Phi) is 3.42. The van der Waals surface area contributed by atoms with Crippen molar-refractivity contribution in [2.75, 3.05) is 11.9 Å². The number of aliphatic imine (C=N–C) groups is 1. The van der Waals surface area contributed by atoms with Crippen LogP contribution in [0.1, 0.15) is 11.6 Å². The minimum Gasteiger partial charge on any atom is -0.371 e. The number of hydrogen-bond acceptors (Lipinski definition) is 3. The highest BCUT2D eigenvalue weighted by molar-refractivity contribution is 6.31. The number of rotatable bonds is 2. The number of benzene rings is 2. The molecule has 0 spiro atoms. The second-order valence-corrected chi connectivity index (χ2v) is 4.95. The molecule has 0 bridgehead atoms. The van der Waals surface area contributed by atoms with Crippen LogP contribution in [0.15, 0.2) is 47.5 Å². The Labute approximate surface area is 121 Å². The molecule has 3 rings (SSSR count). The smallest absolute Gasteiger partial charge is 0.150 e. The van der Waals surface area contributed by atoms with Crippen molar-refractivity contribution in [3.05, 3.63) is 58.9 Å². The number of nitrogens with two attached hydrogens (primary N) is 1. The molecular weight excluding hydrogens is 277 g/mol. The third-order valence-corrected chi connectivity index (χ3v) is 3.64. The Hall–Kier alpha value is -1.91. The van der Waals surface area contributed by atoms with Crippen molar-refractivity contribution < 1.29 is 4.39 Å². The Balaban J connectivity index is 2.10. The van der Waals surface area contributed by atoms with E-state index in [0.717, 1.165) is 5.56 Å². The van der Waals surface area contributed by atoms with E-state index < -0.39 is 0 Å². The highest BCUT2D eigenvalue weighted by Crippen LogP contribution is 2.38. The van der Waals surface area contributed by atoms with Crippen molar-refractivity contribution in [2.45, 2.75) is 6.04 Å². The minimum atomic E-state index is -0.362. The maximum absolute atomic E-state index is 13.8. The third-order valence-electron chi connectivity index (χ3n) is 3.30. The normalized spacial score (nSPS) is 17.1. The van der Waals surface area contributed by atoms with Gasteiger partial charge in [-0.25, -0.2) is 9.38 Å². The third kappa shape index (κ3) is 2.17. The number of para-hydroxylation sites is 1. The number of hydrogen-bond donors (Lipinski definition) is 2. The van der Waals surface area contributed by atoms with Gasteiger partial charge in [-0.15, -0.1) is 0 Å². The lowest BCUT2D eigenvalue weighted by atomic mass is 9.99. The van der Waals surface area contributed by atoms with Gasteiger partial charge in [-0.2, -0.15) is 0 Å². The van der Waals surface area contributed by atoms with Gasteiger partial charge in [-0.3, -0.25) is 0 Å². The van der Waals surface area contributed by atoms with Crippen LogP contribution in [-0.2, 0) is 0 Å². The predicted molar refractivity (Wildman–Crippen MR) is 80.4 cm³/mol. The van der Waals surface area contributed by atoms with E-state index in [2.05, 4.69) is 10.3 Å². The lowest BCUT2D eigenvalue weighted by molar-refractivity contribution is 0.629. The number of anilines is 1. The van der Waals surface area contributed by atoms with E-state index in [-0.39, 0.29) is 18.4 Å². The largest absolute Gasteiger partial charge is 0.371 e. The molecule has 1 unspecified atom stereocenters. The van der Waals surface area contributed by atoms with Crippen molar-refractivity contribution >= 4 is 28.7 Å². The summed E-state index contributed by atoms with van der Waals surface area (Å²) < 4.78 is 13.8. The number of halogens is 2. The lowest BCUT2D eigenvalue weighted by Crippen LogP contribution is -2.30. The summed E-state index contributed by atoms with van der Waals surface area (Å²) in [4.78, 5) is 4.36. The summed E-state index contributed by atoms with van der Waals surface area (Å²) in [6.07, 6.45) is 0. The summed E-state index contributed by atoms with van der Waals surface area (Å²) in [6.45, 7) is 0.233. The highest BCUT2D eigenvalue weighted by Gasteiger charge is 2.25. The van der Waals surface area contributed by atoms with Crippen molar-refractivity contribution in [3.8, 4) is 0 Å². The fourth-order valence-corrected chi connectivity index (χ4v) is 2.57.